The first-order valence-corrected chi connectivity index (χ1v) is 6.04. The Labute approximate surface area is 108 Å². The molecule has 17 heavy (non-hydrogen) atoms. The highest BCUT2D eigenvalue weighted by molar-refractivity contribution is 7.81. The van der Waals surface area contributed by atoms with Gasteiger partial charge in [0.15, 0.2) is 0 Å². The zero-order valence-corrected chi connectivity index (χ0v) is 10.7. The zero-order valence-electron chi connectivity index (χ0n) is 9.84. The van der Waals surface area contributed by atoms with E-state index in [-0.39, 0.29) is 0 Å². The third-order valence-corrected chi connectivity index (χ3v) is 3.50. The Hall–Kier alpha value is -1.25. The first-order chi connectivity index (χ1) is 8.27. The van der Waals surface area contributed by atoms with Crippen LogP contribution in [0.25, 0.3) is 0 Å². The van der Waals surface area contributed by atoms with Gasteiger partial charge < -0.3 is 4.74 Å². The summed E-state index contributed by atoms with van der Waals surface area (Å²) in [6.07, 6.45) is 0. The maximum Gasteiger partial charge on any atom is 0.0860 e. The van der Waals surface area contributed by atoms with Gasteiger partial charge >= 0.3 is 0 Å². The van der Waals surface area contributed by atoms with Gasteiger partial charge in [-0.15, -0.1) is 0 Å². The molecule has 0 unspecified atom stereocenters. The lowest BCUT2D eigenvalue weighted by atomic mass is 9.91. The van der Waals surface area contributed by atoms with Crippen LogP contribution in [0.1, 0.15) is 11.1 Å². The van der Waals surface area contributed by atoms with Crippen molar-refractivity contribution in [2.45, 2.75) is 4.75 Å². The number of rotatable bonds is 4. The minimum absolute atomic E-state index is 0.392. The fourth-order valence-electron chi connectivity index (χ4n) is 1.97. The molecule has 0 fully saturated rings. The molecule has 0 radical (unpaired) electrons. The highest BCUT2D eigenvalue weighted by Crippen LogP contribution is 2.36. The molecular weight excluding hydrogens is 228 g/mol. The van der Waals surface area contributed by atoms with Gasteiger partial charge in [0.2, 0.25) is 0 Å². The predicted octanol–water partition coefficient (Wildman–Crippen LogP) is 3.51. The Balaban J connectivity index is 2.47. The third-order valence-electron chi connectivity index (χ3n) is 2.86. The van der Waals surface area contributed by atoms with E-state index >= 15 is 0 Å². The summed E-state index contributed by atoms with van der Waals surface area (Å²) >= 11 is 4.85. The molecule has 0 N–H and O–H groups in total. The van der Waals surface area contributed by atoms with Crippen molar-refractivity contribution in [2.75, 3.05) is 13.7 Å². The monoisotopic (exact) mass is 244 g/mol. The molecule has 0 spiro atoms. The summed E-state index contributed by atoms with van der Waals surface area (Å²) in [5, 5.41) is 0. The van der Waals surface area contributed by atoms with Crippen LogP contribution < -0.4 is 0 Å². The summed E-state index contributed by atoms with van der Waals surface area (Å²) in [5.41, 5.74) is 2.30. The molecule has 1 nitrogen and oxygen atoms in total. The van der Waals surface area contributed by atoms with Crippen LogP contribution in [0.2, 0.25) is 0 Å². The molecule has 2 aromatic rings. The number of hydrogen-bond donors (Lipinski definition) is 1. The number of thiol groups is 1. The van der Waals surface area contributed by atoms with Gasteiger partial charge in [-0.2, -0.15) is 12.6 Å². The molecule has 2 rings (SSSR count). The Kier molecular flexibility index (Phi) is 3.87. The van der Waals surface area contributed by atoms with Crippen LogP contribution in [0.4, 0.5) is 0 Å². The topological polar surface area (TPSA) is 9.23 Å². The van der Waals surface area contributed by atoms with Gasteiger partial charge in [0, 0.05) is 7.11 Å². The first-order valence-electron chi connectivity index (χ1n) is 5.60. The predicted molar refractivity (Wildman–Crippen MR) is 74.5 cm³/mol. The number of hydrogen-bond acceptors (Lipinski definition) is 2. The lowest BCUT2D eigenvalue weighted by molar-refractivity contribution is 0.180. The summed E-state index contributed by atoms with van der Waals surface area (Å²) in [6.45, 7) is 0.546. The molecule has 0 aliphatic heterocycles. The molecule has 0 aliphatic carbocycles. The van der Waals surface area contributed by atoms with Crippen LogP contribution in [0.3, 0.4) is 0 Å². The average Bonchev–Trinajstić information content (AvgIpc) is 2.41. The summed E-state index contributed by atoms with van der Waals surface area (Å²) in [4.78, 5) is 0. The Morgan fingerprint density at radius 2 is 1.29 bits per heavy atom. The van der Waals surface area contributed by atoms with Crippen LogP contribution in [-0.2, 0) is 9.48 Å². The van der Waals surface area contributed by atoms with Gasteiger partial charge in [0.05, 0.1) is 11.4 Å². The summed E-state index contributed by atoms with van der Waals surface area (Å²) in [5.74, 6) is 0. The molecule has 0 atom stereocenters. The molecule has 0 aliphatic rings. The quantitative estimate of drug-likeness (QED) is 0.810. The van der Waals surface area contributed by atoms with Crippen molar-refractivity contribution in [2.24, 2.45) is 0 Å². The number of methoxy groups -OCH3 is 1. The lowest BCUT2D eigenvalue weighted by Gasteiger charge is -2.29. The summed E-state index contributed by atoms with van der Waals surface area (Å²) in [6, 6.07) is 20.5. The molecular formula is C15H16OS. The second kappa shape index (κ2) is 5.39. The van der Waals surface area contributed by atoms with E-state index in [0.717, 1.165) is 11.1 Å². The molecule has 0 amide bonds. The van der Waals surface area contributed by atoms with E-state index in [0.29, 0.717) is 6.61 Å². The van der Waals surface area contributed by atoms with Crippen LogP contribution in [-0.4, -0.2) is 13.7 Å². The van der Waals surface area contributed by atoms with Crippen LogP contribution in [0.5, 0.6) is 0 Å². The second-order valence-electron chi connectivity index (χ2n) is 4.03. The van der Waals surface area contributed by atoms with E-state index < -0.39 is 4.75 Å². The molecule has 0 bridgehead atoms. The van der Waals surface area contributed by atoms with Gasteiger partial charge in [-0.3, -0.25) is 0 Å². The van der Waals surface area contributed by atoms with Gasteiger partial charge in [0.1, 0.15) is 0 Å². The normalized spacial score (nSPS) is 11.4. The lowest BCUT2D eigenvalue weighted by Crippen LogP contribution is -2.26. The van der Waals surface area contributed by atoms with Crippen molar-refractivity contribution in [3.8, 4) is 0 Å². The van der Waals surface area contributed by atoms with E-state index in [1.807, 2.05) is 36.4 Å². The highest BCUT2D eigenvalue weighted by Gasteiger charge is 2.29. The molecule has 0 aromatic heterocycles. The van der Waals surface area contributed by atoms with Crippen molar-refractivity contribution in [3.05, 3.63) is 71.8 Å². The van der Waals surface area contributed by atoms with Gasteiger partial charge in [-0.25, -0.2) is 0 Å². The minimum atomic E-state index is -0.392. The van der Waals surface area contributed by atoms with Crippen molar-refractivity contribution in [1.29, 1.82) is 0 Å². The average molecular weight is 244 g/mol. The second-order valence-corrected chi connectivity index (χ2v) is 4.79. The maximum absolute atomic E-state index is 5.34. The van der Waals surface area contributed by atoms with E-state index in [2.05, 4.69) is 24.3 Å². The van der Waals surface area contributed by atoms with Gasteiger partial charge in [0.25, 0.3) is 0 Å². The Bertz CT molecular complexity index is 413. The SMILES string of the molecule is COCC(S)(c1ccccc1)c1ccccc1. The van der Waals surface area contributed by atoms with E-state index in [1.54, 1.807) is 7.11 Å². The molecule has 2 heteroatoms. The highest BCUT2D eigenvalue weighted by atomic mass is 32.1. The minimum Gasteiger partial charge on any atom is -0.383 e. The van der Waals surface area contributed by atoms with Gasteiger partial charge in [-0.1, -0.05) is 60.7 Å². The van der Waals surface area contributed by atoms with E-state index in [4.69, 9.17) is 17.4 Å². The Morgan fingerprint density at radius 3 is 1.65 bits per heavy atom. The molecule has 2 aromatic carbocycles. The number of ether oxygens (including phenoxy) is 1. The molecule has 0 saturated carbocycles. The van der Waals surface area contributed by atoms with Crippen molar-refractivity contribution in [3.63, 3.8) is 0 Å². The molecule has 88 valence electrons. The standard InChI is InChI=1S/C15H16OS/c1-16-12-15(17,13-8-4-2-5-9-13)14-10-6-3-7-11-14/h2-11,17H,12H2,1H3. The fraction of sp³-hybridized carbons (Fsp3) is 0.200. The molecule has 0 saturated heterocycles. The fourth-order valence-corrected chi connectivity index (χ4v) is 2.40. The summed E-state index contributed by atoms with van der Waals surface area (Å²) in [7, 11) is 1.71. The third kappa shape index (κ3) is 2.54. The zero-order chi connectivity index (χ0) is 12.1. The van der Waals surface area contributed by atoms with Crippen molar-refractivity contribution in [1.82, 2.24) is 0 Å². The smallest absolute Gasteiger partial charge is 0.0860 e. The molecule has 0 heterocycles. The van der Waals surface area contributed by atoms with Crippen LogP contribution in [0.15, 0.2) is 60.7 Å². The van der Waals surface area contributed by atoms with Crippen molar-refractivity contribution >= 4 is 12.6 Å². The van der Waals surface area contributed by atoms with Gasteiger partial charge in [-0.05, 0) is 11.1 Å². The Morgan fingerprint density at radius 1 is 0.882 bits per heavy atom. The largest absolute Gasteiger partial charge is 0.383 e. The van der Waals surface area contributed by atoms with E-state index in [9.17, 15) is 0 Å². The van der Waals surface area contributed by atoms with E-state index in [1.165, 1.54) is 0 Å². The maximum atomic E-state index is 5.34. The van der Waals surface area contributed by atoms with Crippen molar-refractivity contribution < 1.29 is 4.74 Å². The van der Waals surface area contributed by atoms with Crippen LogP contribution in [0, 0.1) is 0 Å². The summed E-state index contributed by atoms with van der Waals surface area (Å²) < 4.78 is 4.95. The first kappa shape index (κ1) is 12.2. The number of benzene rings is 2. The van der Waals surface area contributed by atoms with Crippen LogP contribution >= 0.6 is 12.6 Å².